The zero-order valence-corrected chi connectivity index (χ0v) is 20.3. The number of ether oxygens (including phenoxy) is 2. The highest BCUT2D eigenvalue weighted by Gasteiger charge is 2.31. The van der Waals surface area contributed by atoms with Gasteiger partial charge in [-0.25, -0.2) is 4.98 Å². The molecule has 1 saturated carbocycles. The molecule has 4 N–H and O–H groups in total. The van der Waals surface area contributed by atoms with E-state index in [1.165, 1.54) is 7.11 Å². The highest BCUT2D eigenvalue weighted by atomic mass is 16.5. The Bertz CT molecular complexity index is 1160. The number of nitrogens with one attached hydrogen (secondary N) is 1. The van der Waals surface area contributed by atoms with Crippen LogP contribution in [0.1, 0.15) is 61.4 Å². The number of hydrogen-bond donors (Lipinski definition) is 3. The van der Waals surface area contributed by atoms with Crippen LogP contribution in [0.25, 0.3) is 10.8 Å². The quantitative estimate of drug-likeness (QED) is 0.525. The van der Waals surface area contributed by atoms with Crippen LogP contribution < -0.4 is 20.5 Å². The molecule has 8 heteroatoms. The summed E-state index contributed by atoms with van der Waals surface area (Å²) in [6.07, 6.45) is 6.90. The van der Waals surface area contributed by atoms with Crippen molar-refractivity contribution in [1.82, 2.24) is 10.3 Å². The van der Waals surface area contributed by atoms with Gasteiger partial charge in [0.25, 0.3) is 5.91 Å². The van der Waals surface area contributed by atoms with Crippen LogP contribution in [0.3, 0.4) is 0 Å². The van der Waals surface area contributed by atoms with E-state index in [2.05, 4.69) is 29.1 Å². The zero-order chi connectivity index (χ0) is 24.9. The van der Waals surface area contributed by atoms with Crippen LogP contribution in [-0.2, 0) is 4.79 Å². The van der Waals surface area contributed by atoms with Crippen molar-refractivity contribution in [3.05, 3.63) is 29.5 Å². The van der Waals surface area contributed by atoms with Crippen LogP contribution in [0, 0.1) is 29.6 Å². The topological polar surface area (TPSA) is 124 Å². The van der Waals surface area contributed by atoms with Crippen LogP contribution in [0.4, 0.5) is 0 Å². The number of carbonyl (C=O) groups excluding carboxylic acids is 2. The third-order valence-electron chi connectivity index (χ3n) is 7.24. The summed E-state index contributed by atoms with van der Waals surface area (Å²) < 4.78 is 11.5. The van der Waals surface area contributed by atoms with Gasteiger partial charge in [0.05, 0.1) is 24.3 Å². The summed E-state index contributed by atoms with van der Waals surface area (Å²) in [7, 11) is 1.48. The van der Waals surface area contributed by atoms with Crippen molar-refractivity contribution in [2.75, 3.05) is 20.3 Å². The first-order valence-electron chi connectivity index (χ1n) is 12.3. The lowest BCUT2D eigenvalue weighted by atomic mass is 9.82. The van der Waals surface area contributed by atoms with Gasteiger partial charge in [0.15, 0.2) is 0 Å². The zero-order valence-electron chi connectivity index (χ0n) is 20.3. The molecule has 1 aliphatic carbocycles. The maximum absolute atomic E-state index is 12.1. The molecule has 2 aromatic rings. The Balaban J connectivity index is 1.67. The van der Waals surface area contributed by atoms with E-state index < -0.39 is 5.91 Å². The van der Waals surface area contributed by atoms with Crippen molar-refractivity contribution < 1.29 is 24.2 Å². The Morgan fingerprint density at radius 1 is 1.26 bits per heavy atom. The van der Waals surface area contributed by atoms with E-state index in [0.29, 0.717) is 46.9 Å². The van der Waals surface area contributed by atoms with Gasteiger partial charge in [0, 0.05) is 35.9 Å². The third kappa shape index (κ3) is 5.51. The van der Waals surface area contributed by atoms with Crippen molar-refractivity contribution in [1.29, 1.82) is 0 Å². The number of amides is 2. The van der Waals surface area contributed by atoms with Crippen molar-refractivity contribution >= 4 is 22.6 Å². The molecule has 2 atom stereocenters. The predicted octanol–water partition coefficient (Wildman–Crippen LogP) is 2.79. The fraction of sp³-hybridized carbons (Fsp3) is 0.519. The number of fused-ring (bicyclic) bond motifs is 1. The molecule has 0 bridgehead atoms. The van der Waals surface area contributed by atoms with Crippen molar-refractivity contribution in [3.8, 4) is 23.5 Å². The van der Waals surface area contributed by atoms with E-state index in [1.54, 1.807) is 18.3 Å². The Kier molecular flexibility index (Phi) is 7.76. The largest absolute Gasteiger partial charge is 0.496 e. The molecule has 4 rings (SSSR count). The third-order valence-corrected chi connectivity index (χ3v) is 7.24. The minimum absolute atomic E-state index is 0.0367. The summed E-state index contributed by atoms with van der Waals surface area (Å²) in [5.41, 5.74) is 6.55. The van der Waals surface area contributed by atoms with Gasteiger partial charge < -0.3 is 25.6 Å². The number of pyridine rings is 1. The number of nitrogens with two attached hydrogens (primary N) is 1. The van der Waals surface area contributed by atoms with E-state index in [1.807, 2.05) is 0 Å². The maximum Gasteiger partial charge on any atom is 0.252 e. The van der Waals surface area contributed by atoms with E-state index >= 15 is 0 Å². The minimum atomic E-state index is -0.594. The first kappa shape index (κ1) is 24.8. The van der Waals surface area contributed by atoms with Crippen molar-refractivity contribution in [3.63, 3.8) is 0 Å². The van der Waals surface area contributed by atoms with Crippen LogP contribution in [0.2, 0.25) is 0 Å². The molecule has 35 heavy (non-hydrogen) atoms. The van der Waals surface area contributed by atoms with E-state index in [0.717, 1.165) is 32.1 Å². The highest BCUT2D eigenvalue weighted by molar-refractivity contribution is 6.03. The normalized spacial score (nSPS) is 23.9. The molecular weight excluding hydrogens is 446 g/mol. The molecule has 1 aromatic heterocycles. The molecular formula is C27H33N3O5. The molecule has 0 radical (unpaired) electrons. The van der Waals surface area contributed by atoms with Gasteiger partial charge in [-0.3, -0.25) is 9.59 Å². The maximum atomic E-state index is 12.1. The van der Waals surface area contributed by atoms with Crippen LogP contribution >= 0.6 is 0 Å². The lowest BCUT2D eigenvalue weighted by Gasteiger charge is -2.23. The van der Waals surface area contributed by atoms with Crippen LogP contribution in [-0.4, -0.2) is 48.3 Å². The lowest BCUT2D eigenvalue weighted by molar-refractivity contribution is -0.119. The molecule has 1 saturated heterocycles. The number of aliphatic hydroxyl groups is 1. The molecule has 2 fully saturated rings. The van der Waals surface area contributed by atoms with E-state index in [4.69, 9.17) is 15.2 Å². The average molecular weight is 480 g/mol. The van der Waals surface area contributed by atoms with Crippen LogP contribution in [0.15, 0.2) is 18.3 Å². The second-order valence-electron chi connectivity index (χ2n) is 9.47. The number of aromatic nitrogens is 1. The first-order chi connectivity index (χ1) is 16.9. The smallest absolute Gasteiger partial charge is 0.252 e. The predicted molar refractivity (Wildman–Crippen MR) is 132 cm³/mol. The Morgan fingerprint density at radius 3 is 2.69 bits per heavy atom. The number of rotatable bonds is 7. The first-order valence-corrected chi connectivity index (χ1v) is 12.3. The summed E-state index contributed by atoms with van der Waals surface area (Å²) >= 11 is 0. The lowest BCUT2D eigenvalue weighted by Crippen LogP contribution is -2.34. The Labute approximate surface area is 205 Å². The fourth-order valence-electron chi connectivity index (χ4n) is 5.03. The Hall–Kier alpha value is -3.31. The summed E-state index contributed by atoms with van der Waals surface area (Å²) in [6, 6.07) is 3.31. The number of benzene rings is 1. The number of hydrogen-bond acceptors (Lipinski definition) is 6. The van der Waals surface area contributed by atoms with Gasteiger partial charge in [-0.15, -0.1) is 0 Å². The number of primary amides is 1. The summed E-state index contributed by atoms with van der Waals surface area (Å²) in [5, 5.41) is 13.7. The molecule has 2 amide bonds. The minimum Gasteiger partial charge on any atom is -0.496 e. The van der Waals surface area contributed by atoms with Gasteiger partial charge in [-0.05, 0) is 49.7 Å². The number of methoxy groups -OCH3 is 1. The van der Waals surface area contributed by atoms with Gasteiger partial charge >= 0.3 is 0 Å². The average Bonchev–Trinajstić information content (AvgIpc) is 3.25. The molecule has 1 aliphatic heterocycles. The number of nitrogens with zero attached hydrogens (tertiary/aromatic N) is 1. The summed E-state index contributed by atoms with van der Waals surface area (Å²) in [6.45, 7) is 2.59. The van der Waals surface area contributed by atoms with Crippen molar-refractivity contribution in [2.24, 2.45) is 23.5 Å². The van der Waals surface area contributed by atoms with Gasteiger partial charge in [0.2, 0.25) is 11.8 Å². The monoisotopic (exact) mass is 479 g/mol. The Morgan fingerprint density at radius 2 is 2.03 bits per heavy atom. The van der Waals surface area contributed by atoms with Gasteiger partial charge in [-0.2, -0.15) is 0 Å². The van der Waals surface area contributed by atoms with Crippen molar-refractivity contribution in [2.45, 2.75) is 51.5 Å². The van der Waals surface area contributed by atoms with Gasteiger partial charge in [-0.1, -0.05) is 25.2 Å². The fourth-order valence-corrected chi connectivity index (χ4v) is 5.03. The number of carbonyl (C=O) groups is 2. The number of aliphatic hydroxyl groups excluding tert-OH is 1. The summed E-state index contributed by atoms with van der Waals surface area (Å²) in [5.74, 6) is 7.63. The SMILES string of the molecule is CC[C@@H]1CC(=O)N[C@@H]1COc1ncc(C#C[C@H]2CC[C@H](CO)CC2)c2cc(C(N)=O)c(OC)cc12. The second kappa shape index (κ2) is 11.0. The molecule has 186 valence electrons. The molecule has 2 aliphatic rings. The summed E-state index contributed by atoms with van der Waals surface area (Å²) in [4.78, 5) is 28.5. The standard InChI is InChI=1S/C27H33N3O5/c1-3-18-10-25(32)30-23(18)15-35-27-21-12-24(34-2)22(26(28)33)11-20(21)19(13-29-27)9-8-16-4-6-17(14-31)7-5-16/h11-13,16-18,23,31H,3-7,10,14-15H2,1-2H3,(H2,28,33)(H,30,32)/t16-,17-,18-,23-/m1/s1. The molecule has 8 nitrogen and oxygen atoms in total. The van der Waals surface area contributed by atoms with Gasteiger partial charge in [0.1, 0.15) is 12.4 Å². The molecule has 0 spiro atoms. The molecule has 0 unspecified atom stereocenters. The van der Waals surface area contributed by atoms with E-state index in [-0.39, 0.29) is 36.0 Å². The molecule has 2 heterocycles. The highest BCUT2D eigenvalue weighted by Crippen LogP contribution is 2.34. The molecule has 1 aromatic carbocycles. The van der Waals surface area contributed by atoms with Crippen LogP contribution in [0.5, 0.6) is 11.6 Å². The second-order valence-corrected chi connectivity index (χ2v) is 9.47. The van der Waals surface area contributed by atoms with E-state index in [9.17, 15) is 14.7 Å².